The first kappa shape index (κ1) is 35.3. The molecule has 3 atom stereocenters. The molecule has 2 aliphatic heterocycles. The maximum absolute atomic E-state index is 13.2. The molecule has 264 valence electrons. The van der Waals surface area contributed by atoms with Gasteiger partial charge in [-0.05, 0) is 48.2 Å². The van der Waals surface area contributed by atoms with Crippen molar-refractivity contribution in [1.29, 1.82) is 0 Å². The molecular formula is C41H48N2O7. The summed E-state index contributed by atoms with van der Waals surface area (Å²) in [6.45, 7) is 4.70. The highest BCUT2D eigenvalue weighted by Gasteiger charge is 2.34. The van der Waals surface area contributed by atoms with Crippen LogP contribution < -0.4 is 14.4 Å². The molecule has 0 spiro atoms. The Morgan fingerprint density at radius 3 is 2.32 bits per heavy atom. The number of nitrogens with zero attached hydrogens (tertiary/aromatic N) is 2. The number of methoxy groups -OCH3 is 1. The first-order chi connectivity index (χ1) is 24.6. The Kier molecular flexibility index (Phi) is 12.6. The number of piperidine rings is 1. The molecule has 50 heavy (non-hydrogen) atoms. The lowest BCUT2D eigenvalue weighted by molar-refractivity contribution is -0.0245. The smallest absolute Gasteiger partial charge is 0.410 e. The maximum Gasteiger partial charge on any atom is 0.410 e. The van der Waals surface area contributed by atoms with E-state index in [-0.39, 0.29) is 30.8 Å². The molecule has 1 amide bonds. The van der Waals surface area contributed by atoms with E-state index in [1.165, 1.54) is 0 Å². The number of β-amino-alcohol motifs (C(OH)–C–C–N with tert-alkyl or cyclic N) is 1. The number of carbonyl (C=O) groups excluding carboxylic acids is 1. The lowest BCUT2D eigenvalue weighted by atomic mass is 9.87. The van der Waals surface area contributed by atoms with Gasteiger partial charge in [-0.3, -0.25) is 0 Å². The molecule has 0 saturated carbocycles. The van der Waals surface area contributed by atoms with Gasteiger partial charge in [-0.2, -0.15) is 0 Å². The SMILES string of the molecule is COc1ccccc1COCCCOc1ccc(C2CCN(C(=O)OCc3ccccc3)CC2OCc2ccccc2N2CC[C@H](O)C2)cc1. The summed E-state index contributed by atoms with van der Waals surface area (Å²) in [4.78, 5) is 17.2. The Balaban J connectivity index is 1.06. The quantitative estimate of drug-likeness (QED) is 0.135. The third-order valence-electron chi connectivity index (χ3n) is 9.43. The van der Waals surface area contributed by atoms with Gasteiger partial charge in [-0.25, -0.2) is 4.79 Å². The van der Waals surface area contributed by atoms with Crippen molar-refractivity contribution in [2.45, 2.75) is 57.2 Å². The van der Waals surface area contributed by atoms with E-state index in [0.717, 1.165) is 65.2 Å². The lowest BCUT2D eigenvalue weighted by Crippen LogP contribution is -2.47. The number of hydrogen-bond acceptors (Lipinski definition) is 8. The monoisotopic (exact) mass is 680 g/mol. The van der Waals surface area contributed by atoms with Gasteiger partial charge in [-0.1, -0.05) is 78.9 Å². The van der Waals surface area contributed by atoms with E-state index in [9.17, 15) is 9.90 Å². The number of carbonyl (C=O) groups is 1. The van der Waals surface area contributed by atoms with Crippen molar-refractivity contribution in [2.75, 3.05) is 51.4 Å². The van der Waals surface area contributed by atoms with Crippen molar-refractivity contribution in [3.05, 3.63) is 125 Å². The minimum atomic E-state index is -0.331. The minimum Gasteiger partial charge on any atom is -0.496 e. The highest BCUT2D eigenvalue weighted by molar-refractivity contribution is 5.68. The maximum atomic E-state index is 13.2. The third kappa shape index (κ3) is 9.56. The van der Waals surface area contributed by atoms with Gasteiger partial charge in [0.05, 0.1) is 52.3 Å². The molecule has 1 N–H and O–H groups in total. The number of amides is 1. The summed E-state index contributed by atoms with van der Waals surface area (Å²) < 4.78 is 29.7. The molecule has 2 fully saturated rings. The fraction of sp³-hybridized carbons (Fsp3) is 0.390. The van der Waals surface area contributed by atoms with E-state index in [0.29, 0.717) is 46.1 Å². The predicted octanol–water partition coefficient (Wildman–Crippen LogP) is 6.96. The minimum absolute atomic E-state index is 0.0892. The average molecular weight is 681 g/mol. The highest BCUT2D eigenvalue weighted by atomic mass is 16.6. The zero-order valence-corrected chi connectivity index (χ0v) is 28.8. The average Bonchev–Trinajstić information content (AvgIpc) is 3.61. The zero-order chi connectivity index (χ0) is 34.5. The van der Waals surface area contributed by atoms with Crippen molar-refractivity contribution < 1.29 is 33.6 Å². The van der Waals surface area contributed by atoms with Crippen LogP contribution in [0, 0.1) is 0 Å². The van der Waals surface area contributed by atoms with Crippen molar-refractivity contribution >= 4 is 11.8 Å². The van der Waals surface area contributed by atoms with Crippen LogP contribution in [0.4, 0.5) is 10.5 Å². The number of ether oxygens (including phenoxy) is 5. The van der Waals surface area contributed by atoms with Crippen LogP contribution >= 0.6 is 0 Å². The summed E-state index contributed by atoms with van der Waals surface area (Å²) in [6, 6.07) is 34.1. The van der Waals surface area contributed by atoms with Gasteiger partial charge in [0.15, 0.2) is 0 Å². The fourth-order valence-corrected chi connectivity index (χ4v) is 6.71. The topological polar surface area (TPSA) is 89.9 Å². The van der Waals surface area contributed by atoms with Gasteiger partial charge < -0.3 is 38.6 Å². The Morgan fingerprint density at radius 2 is 1.54 bits per heavy atom. The van der Waals surface area contributed by atoms with Gasteiger partial charge in [0.25, 0.3) is 0 Å². The summed E-state index contributed by atoms with van der Waals surface area (Å²) in [5.41, 5.74) is 5.28. The van der Waals surface area contributed by atoms with E-state index >= 15 is 0 Å². The summed E-state index contributed by atoms with van der Waals surface area (Å²) in [5.74, 6) is 1.73. The Bertz CT molecular complexity index is 1630. The van der Waals surface area contributed by atoms with Crippen LogP contribution in [-0.4, -0.2) is 74.8 Å². The Hall–Kier alpha value is -4.57. The van der Waals surface area contributed by atoms with Gasteiger partial charge in [0.2, 0.25) is 0 Å². The van der Waals surface area contributed by atoms with Crippen LogP contribution in [0.15, 0.2) is 103 Å². The number of hydrogen-bond donors (Lipinski definition) is 1. The Labute approximate surface area is 295 Å². The summed E-state index contributed by atoms with van der Waals surface area (Å²) in [7, 11) is 1.67. The fourth-order valence-electron chi connectivity index (χ4n) is 6.71. The van der Waals surface area contributed by atoms with Gasteiger partial charge in [-0.15, -0.1) is 0 Å². The molecular weight excluding hydrogens is 632 g/mol. The van der Waals surface area contributed by atoms with Crippen LogP contribution in [0.1, 0.15) is 47.4 Å². The molecule has 4 aromatic carbocycles. The first-order valence-electron chi connectivity index (χ1n) is 17.6. The molecule has 0 aromatic heterocycles. The van der Waals surface area contributed by atoms with Gasteiger partial charge >= 0.3 is 6.09 Å². The van der Waals surface area contributed by atoms with E-state index in [4.69, 9.17) is 23.7 Å². The van der Waals surface area contributed by atoms with Crippen LogP contribution in [0.2, 0.25) is 0 Å². The largest absolute Gasteiger partial charge is 0.496 e. The molecule has 2 saturated heterocycles. The van der Waals surface area contributed by atoms with Crippen LogP contribution in [0.25, 0.3) is 0 Å². The predicted molar refractivity (Wildman–Crippen MR) is 193 cm³/mol. The molecule has 6 rings (SSSR count). The standard InChI is InChI=1S/C41H48N2O7/c1-46-39-15-8-6-13-34(39)29-47-24-9-25-48-36-18-16-32(17-19-36)37-21-23-43(41(45)50-28-31-10-3-2-4-11-31)27-40(37)49-30-33-12-5-7-14-38(33)42-22-20-35(44)26-42/h2-8,10-19,35,37,40,44H,9,20-30H2,1H3/t35-,37?,40?/m0/s1. The van der Waals surface area contributed by atoms with Crippen molar-refractivity contribution in [3.8, 4) is 11.5 Å². The van der Waals surface area contributed by atoms with Crippen molar-refractivity contribution in [2.24, 2.45) is 0 Å². The number of anilines is 1. The summed E-state index contributed by atoms with van der Waals surface area (Å²) >= 11 is 0. The normalized spacial score (nSPS) is 19.0. The van der Waals surface area contributed by atoms with Crippen molar-refractivity contribution in [1.82, 2.24) is 4.90 Å². The third-order valence-corrected chi connectivity index (χ3v) is 9.43. The first-order valence-corrected chi connectivity index (χ1v) is 17.6. The molecule has 4 aromatic rings. The number of aliphatic hydroxyl groups is 1. The molecule has 0 aliphatic carbocycles. The van der Waals surface area contributed by atoms with Crippen LogP contribution in [0.3, 0.4) is 0 Å². The number of benzene rings is 4. The molecule has 2 heterocycles. The van der Waals surface area contributed by atoms with E-state index in [1.54, 1.807) is 12.0 Å². The number of rotatable bonds is 15. The van der Waals surface area contributed by atoms with Gasteiger partial charge in [0, 0.05) is 48.8 Å². The number of likely N-dealkylation sites (tertiary alicyclic amines) is 1. The second kappa shape index (κ2) is 17.9. The second-order valence-corrected chi connectivity index (χ2v) is 12.9. The van der Waals surface area contributed by atoms with Gasteiger partial charge in [0.1, 0.15) is 18.1 Å². The van der Waals surface area contributed by atoms with Crippen LogP contribution in [-0.2, 0) is 34.0 Å². The molecule has 0 radical (unpaired) electrons. The molecule has 2 aliphatic rings. The van der Waals surface area contributed by atoms with E-state index in [1.807, 2.05) is 78.9 Å². The molecule has 9 heteroatoms. The van der Waals surface area contributed by atoms with E-state index in [2.05, 4.69) is 29.2 Å². The highest BCUT2D eigenvalue weighted by Crippen LogP contribution is 2.34. The van der Waals surface area contributed by atoms with Crippen molar-refractivity contribution in [3.63, 3.8) is 0 Å². The lowest BCUT2D eigenvalue weighted by Gasteiger charge is -2.38. The zero-order valence-electron chi connectivity index (χ0n) is 28.8. The second-order valence-electron chi connectivity index (χ2n) is 12.9. The molecule has 2 unspecified atom stereocenters. The molecule has 9 nitrogen and oxygen atoms in total. The molecule has 0 bridgehead atoms. The summed E-state index contributed by atoms with van der Waals surface area (Å²) in [5, 5.41) is 10.2. The Morgan fingerprint density at radius 1 is 0.780 bits per heavy atom. The summed E-state index contributed by atoms with van der Waals surface area (Å²) in [6.07, 6.45) is 1.39. The van der Waals surface area contributed by atoms with E-state index < -0.39 is 0 Å². The number of para-hydroxylation sites is 2. The van der Waals surface area contributed by atoms with Crippen LogP contribution in [0.5, 0.6) is 11.5 Å². The number of aliphatic hydroxyl groups excluding tert-OH is 1.